The van der Waals surface area contributed by atoms with Gasteiger partial charge in [0.25, 0.3) is 0 Å². The summed E-state index contributed by atoms with van der Waals surface area (Å²) in [5, 5.41) is 0. The second-order valence-electron chi connectivity index (χ2n) is 8.74. The molecule has 0 saturated carbocycles. The van der Waals surface area contributed by atoms with Crippen molar-refractivity contribution in [3.8, 4) is 0 Å². The molecule has 0 aliphatic rings. The number of hydrogen-bond donors (Lipinski definition) is 0. The van der Waals surface area contributed by atoms with E-state index in [1.807, 2.05) is 0 Å². The average molecular weight is 348 g/mol. The Morgan fingerprint density at radius 3 is 1.57 bits per heavy atom. The maximum Gasteiger partial charge on any atom is 0.169 e. The van der Waals surface area contributed by atoms with Gasteiger partial charge in [-0.1, -0.05) is 85.1 Å². The van der Waals surface area contributed by atoms with Gasteiger partial charge in [-0.05, 0) is 35.0 Å². The van der Waals surface area contributed by atoms with E-state index in [1.165, 1.54) is 5.69 Å². The molecule has 0 atom stereocenters. The largest absolute Gasteiger partial charge is 0.374 e. The predicted molar refractivity (Wildman–Crippen MR) is 112 cm³/mol. The van der Waals surface area contributed by atoms with Crippen molar-refractivity contribution in [2.75, 3.05) is 4.57 Å². The Balaban J connectivity index is 3.55. The van der Waals surface area contributed by atoms with Gasteiger partial charge < -0.3 is 4.57 Å². The van der Waals surface area contributed by atoms with E-state index in [-0.39, 0.29) is 0 Å². The summed E-state index contributed by atoms with van der Waals surface area (Å²) in [5.41, 5.74) is 5.98. The summed E-state index contributed by atoms with van der Waals surface area (Å²) in [5.74, 6) is 0. The third-order valence-corrected chi connectivity index (χ3v) is 12.9. The first-order valence-electron chi connectivity index (χ1n) is 9.07. The first-order chi connectivity index (χ1) is 10.5. The lowest BCUT2D eigenvalue weighted by Crippen LogP contribution is -2.58. The first kappa shape index (κ1) is 20.2. The van der Waals surface area contributed by atoms with Gasteiger partial charge in [0.1, 0.15) is 0 Å². The molecule has 0 aliphatic carbocycles. The summed E-state index contributed by atoms with van der Waals surface area (Å²) >= 11 is 0. The standard InChI is InChI=1S/C20H37NSi2/c1-17(2)23(18(3)4,19(5)6)21(15-16-22(7,8)9)20-13-11-10-12-14-20/h10-19H,1-9H3. The maximum absolute atomic E-state index is 2.71. The molecule has 1 rings (SSSR count). The summed E-state index contributed by atoms with van der Waals surface area (Å²) in [4.78, 5) is 0. The van der Waals surface area contributed by atoms with Gasteiger partial charge in [0, 0.05) is 5.69 Å². The van der Waals surface area contributed by atoms with Gasteiger partial charge in [0.05, 0.1) is 8.07 Å². The molecule has 0 radical (unpaired) electrons. The third-order valence-electron chi connectivity index (χ3n) is 4.95. The number of nitrogens with zero attached hydrogens (tertiary/aromatic N) is 1. The molecule has 0 aromatic heterocycles. The minimum absolute atomic E-state index is 0.703. The minimum atomic E-state index is -1.73. The third kappa shape index (κ3) is 4.60. The quantitative estimate of drug-likeness (QED) is 0.477. The number of anilines is 1. The second-order valence-corrected chi connectivity index (χ2v) is 19.5. The van der Waals surface area contributed by atoms with Crippen molar-refractivity contribution in [3.05, 3.63) is 42.2 Å². The van der Waals surface area contributed by atoms with E-state index < -0.39 is 16.3 Å². The lowest BCUT2D eigenvalue weighted by atomic mass is 10.3. The average Bonchev–Trinajstić information content (AvgIpc) is 2.41. The number of para-hydroxylation sites is 1. The summed E-state index contributed by atoms with van der Waals surface area (Å²) in [6.07, 6.45) is 2.45. The fraction of sp³-hybridized carbons (Fsp3) is 0.600. The molecule has 0 spiro atoms. The summed E-state index contributed by atoms with van der Waals surface area (Å²) in [7, 11) is -2.96. The van der Waals surface area contributed by atoms with E-state index in [4.69, 9.17) is 0 Å². The highest BCUT2D eigenvalue weighted by Gasteiger charge is 2.48. The van der Waals surface area contributed by atoms with Gasteiger partial charge in [-0.25, -0.2) is 0 Å². The molecule has 0 bridgehead atoms. The monoisotopic (exact) mass is 347 g/mol. The molecule has 3 heteroatoms. The number of rotatable bonds is 7. The predicted octanol–water partition coefficient (Wildman–Crippen LogP) is 7.06. The smallest absolute Gasteiger partial charge is 0.169 e. The van der Waals surface area contributed by atoms with Gasteiger partial charge in [0.2, 0.25) is 0 Å². The van der Waals surface area contributed by atoms with Crippen LogP contribution in [0.3, 0.4) is 0 Å². The molecule has 1 aromatic rings. The van der Waals surface area contributed by atoms with E-state index in [0.29, 0.717) is 16.6 Å². The molecule has 0 amide bonds. The highest BCUT2D eigenvalue weighted by atomic mass is 28.3. The molecule has 23 heavy (non-hydrogen) atoms. The van der Waals surface area contributed by atoms with Crippen molar-refractivity contribution in [2.24, 2.45) is 0 Å². The zero-order chi connectivity index (χ0) is 17.8. The van der Waals surface area contributed by atoms with Crippen LogP contribution in [-0.4, -0.2) is 16.3 Å². The van der Waals surface area contributed by atoms with Crippen LogP contribution in [0.5, 0.6) is 0 Å². The van der Waals surface area contributed by atoms with Gasteiger partial charge in [-0.15, -0.1) is 0 Å². The molecule has 0 saturated heterocycles. The van der Waals surface area contributed by atoms with Crippen LogP contribution in [-0.2, 0) is 0 Å². The topological polar surface area (TPSA) is 3.24 Å². The molecule has 0 N–H and O–H groups in total. The zero-order valence-electron chi connectivity index (χ0n) is 16.7. The lowest BCUT2D eigenvalue weighted by Gasteiger charge is -2.51. The molecule has 0 heterocycles. The Hall–Kier alpha value is -0.806. The summed E-state index contributed by atoms with van der Waals surface area (Å²) in [6.45, 7) is 21.8. The Labute approximate surface area is 146 Å². The summed E-state index contributed by atoms with van der Waals surface area (Å²) < 4.78 is 2.71. The SMILES string of the molecule is CC(C)[Si](C(C)C)(C(C)C)N(C=C[Si](C)(C)C)c1ccccc1. The highest BCUT2D eigenvalue weighted by Crippen LogP contribution is 2.46. The zero-order valence-corrected chi connectivity index (χ0v) is 18.7. The summed E-state index contributed by atoms with van der Waals surface area (Å²) in [6, 6.07) is 11.0. The van der Waals surface area contributed by atoms with Crippen LogP contribution >= 0.6 is 0 Å². The fourth-order valence-electron chi connectivity index (χ4n) is 4.16. The molecule has 1 nitrogen and oxygen atoms in total. The molecule has 1 aromatic carbocycles. The van der Waals surface area contributed by atoms with Gasteiger partial charge in [0.15, 0.2) is 8.24 Å². The fourth-order valence-corrected chi connectivity index (χ4v) is 11.5. The van der Waals surface area contributed by atoms with Gasteiger partial charge in [-0.3, -0.25) is 0 Å². The maximum atomic E-state index is 2.71. The first-order valence-corrected chi connectivity index (χ1v) is 14.8. The van der Waals surface area contributed by atoms with E-state index in [2.05, 4.69) is 108 Å². The van der Waals surface area contributed by atoms with Crippen LogP contribution in [0.25, 0.3) is 0 Å². The van der Waals surface area contributed by atoms with E-state index >= 15 is 0 Å². The number of benzene rings is 1. The van der Waals surface area contributed by atoms with Crippen molar-refractivity contribution < 1.29 is 0 Å². The molecule has 130 valence electrons. The van der Waals surface area contributed by atoms with Crippen molar-refractivity contribution >= 4 is 22.0 Å². The van der Waals surface area contributed by atoms with Crippen molar-refractivity contribution in [1.82, 2.24) is 0 Å². The van der Waals surface area contributed by atoms with Crippen LogP contribution in [0, 0.1) is 0 Å². The van der Waals surface area contributed by atoms with Crippen molar-refractivity contribution in [3.63, 3.8) is 0 Å². The Morgan fingerprint density at radius 1 is 0.783 bits per heavy atom. The van der Waals surface area contributed by atoms with Crippen LogP contribution in [0.1, 0.15) is 41.5 Å². The Kier molecular flexibility index (Phi) is 6.90. The van der Waals surface area contributed by atoms with Gasteiger partial charge in [-0.2, -0.15) is 0 Å². The molecule has 0 aliphatic heterocycles. The van der Waals surface area contributed by atoms with Crippen molar-refractivity contribution in [2.45, 2.75) is 77.8 Å². The molecule has 0 fully saturated rings. The molecule has 0 unspecified atom stereocenters. The van der Waals surface area contributed by atoms with E-state index in [1.54, 1.807) is 0 Å². The van der Waals surface area contributed by atoms with Crippen LogP contribution in [0.15, 0.2) is 42.2 Å². The number of hydrogen-bond acceptors (Lipinski definition) is 1. The normalized spacial score (nSPS) is 13.6. The Morgan fingerprint density at radius 2 is 1.22 bits per heavy atom. The minimum Gasteiger partial charge on any atom is -0.374 e. The lowest BCUT2D eigenvalue weighted by molar-refractivity contribution is 0.799. The van der Waals surface area contributed by atoms with Gasteiger partial charge >= 0.3 is 0 Å². The second kappa shape index (κ2) is 7.84. The van der Waals surface area contributed by atoms with E-state index in [9.17, 15) is 0 Å². The van der Waals surface area contributed by atoms with E-state index in [0.717, 1.165) is 0 Å². The van der Waals surface area contributed by atoms with Crippen LogP contribution in [0.2, 0.25) is 36.3 Å². The van der Waals surface area contributed by atoms with Crippen LogP contribution < -0.4 is 4.57 Å². The van der Waals surface area contributed by atoms with Crippen LogP contribution in [0.4, 0.5) is 5.69 Å². The molecular formula is C20H37NSi2. The highest BCUT2D eigenvalue weighted by molar-refractivity contribution is 6.87. The molecular weight excluding hydrogens is 310 g/mol. The van der Waals surface area contributed by atoms with Crippen molar-refractivity contribution in [1.29, 1.82) is 0 Å². The Bertz CT molecular complexity index is 476.